The summed E-state index contributed by atoms with van der Waals surface area (Å²) in [5, 5.41) is 7.89. The third kappa shape index (κ3) is 6.34. The molecule has 2 rings (SSSR count). The zero-order valence-corrected chi connectivity index (χ0v) is 16.7. The molecule has 0 saturated carbocycles. The van der Waals surface area contributed by atoms with Crippen LogP contribution in [-0.4, -0.2) is 17.4 Å². The van der Waals surface area contributed by atoms with Crippen LogP contribution < -0.4 is 10.6 Å². The van der Waals surface area contributed by atoms with Crippen molar-refractivity contribution in [3.8, 4) is 0 Å². The summed E-state index contributed by atoms with van der Waals surface area (Å²) in [5.74, 6) is 1.87. The standard InChI is InChI=1S/C17H18BrClN2S2/c1-12-10-14(6-7-15(12)18)21-17(22)20-8-9-23-11-13-4-2-3-5-16(13)19/h2-7,10H,8-9,11H2,1H3,(H2,20,21,22). The first-order valence-electron chi connectivity index (χ1n) is 7.18. The van der Waals surface area contributed by atoms with Gasteiger partial charge in [-0.15, -0.1) is 0 Å². The molecule has 0 bridgehead atoms. The summed E-state index contributed by atoms with van der Waals surface area (Å²) in [6.07, 6.45) is 0. The molecule has 0 unspecified atom stereocenters. The summed E-state index contributed by atoms with van der Waals surface area (Å²) in [5.41, 5.74) is 3.34. The molecule has 0 radical (unpaired) electrons. The molecule has 6 heteroatoms. The number of benzene rings is 2. The Morgan fingerprint density at radius 1 is 1.26 bits per heavy atom. The highest BCUT2D eigenvalue weighted by molar-refractivity contribution is 9.10. The van der Waals surface area contributed by atoms with Crippen molar-refractivity contribution in [2.24, 2.45) is 0 Å². The molecule has 0 aliphatic carbocycles. The van der Waals surface area contributed by atoms with Crippen LogP contribution in [-0.2, 0) is 5.75 Å². The summed E-state index contributed by atoms with van der Waals surface area (Å²) in [6, 6.07) is 14.0. The van der Waals surface area contributed by atoms with Crippen molar-refractivity contribution in [1.29, 1.82) is 0 Å². The molecular formula is C17H18BrClN2S2. The van der Waals surface area contributed by atoms with Gasteiger partial charge in [-0.05, 0) is 54.5 Å². The van der Waals surface area contributed by atoms with E-state index in [1.807, 2.05) is 42.1 Å². The van der Waals surface area contributed by atoms with Crippen LogP contribution in [0.4, 0.5) is 5.69 Å². The molecule has 0 amide bonds. The van der Waals surface area contributed by atoms with Gasteiger partial charge in [0.05, 0.1) is 0 Å². The van der Waals surface area contributed by atoms with Gasteiger partial charge in [0.1, 0.15) is 0 Å². The largest absolute Gasteiger partial charge is 0.362 e. The van der Waals surface area contributed by atoms with Crippen LogP contribution in [0.5, 0.6) is 0 Å². The van der Waals surface area contributed by atoms with Crippen LogP contribution in [0.2, 0.25) is 5.02 Å². The maximum Gasteiger partial charge on any atom is 0.170 e. The molecule has 0 spiro atoms. The Balaban J connectivity index is 1.67. The summed E-state index contributed by atoms with van der Waals surface area (Å²) in [6.45, 7) is 2.87. The van der Waals surface area contributed by atoms with E-state index >= 15 is 0 Å². The molecule has 0 aliphatic rings. The molecule has 2 N–H and O–H groups in total. The summed E-state index contributed by atoms with van der Waals surface area (Å²) < 4.78 is 1.10. The van der Waals surface area contributed by atoms with Crippen LogP contribution in [0.25, 0.3) is 0 Å². The summed E-state index contributed by atoms with van der Waals surface area (Å²) in [4.78, 5) is 0. The number of thioether (sulfide) groups is 1. The second-order valence-corrected chi connectivity index (χ2v) is 7.76. The van der Waals surface area contributed by atoms with Crippen molar-refractivity contribution in [1.82, 2.24) is 5.32 Å². The van der Waals surface area contributed by atoms with Gasteiger partial charge in [0.2, 0.25) is 0 Å². The van der Waals surface area contributed by atoms with Crippen molar-refractivity contribution < 1.29 is 0 Å². The molecule has 0 heterocycles. The van der Waals surface area contributed by atoms with E-state index in [1.54, 1.807) is 0 Å². The highest BCUT2D eigenvalue weighted by atomic mass is 79.9. The minimum atomic E-state index is 0.644. The van der Waals surface area contributed by atoms with Crippen LogP contribution in [0, 0.1) is 6.92 Å². The molecule has 0 fully saturated rings. The Morgan fingerprint density at radius 3 is 2.78 bits per heavy atom. The Kier molecular flexibility index (Phi) is 7.70. The summed E-state index contributed by atoms with van der Waals surface area (Å²) >= 11 is 16.8. The van der Waals surface area contributed by atoms with Crippen molar-refractivity contribution in [3.63, 3.8) is 0 Å². The highest BCUT2D eigenvalue weighted by Crippen LogP contribution is 2.21. The van der Waals surface area contributed by atoms with Gasteiger partial charge in [0, 0.05) is 33.2 Å². The van der Waals surface area contributed by atoms with E-state index in [2.05, 4.69) is 45.6 Å². The molecule has 0 saturated heterocycles. The predicted octanol–water partition coefficient (Wildman–Crippen LogP) is 5.63. The maximum absolute atomic E-state index is 6.14. The smallest absolute Gasteiger partial charge is 0.170 e. The Morgan fingerprint density at radius 2 is 2.04 bits per heavy atom. The first kappa shape index (κ1) is 18.6. The van der Waals surface area contributed by atoms with E-state index in [9.17, 15) is 0 Å². The Labute approximate surface area is 160 Å². The highest BCUT2D eigenvalue weighted by Gasteiger charge is 2.01. The number of hydrogen-bond acceptors (Lipinski definition) is 2. The van der Waals surface area contributed by atoms with E-state index < -0.39 is 0 Å². The van der Waals surface area contributed by atoms with E-state index in [0.717, 1.165) is 33.2 Å². The molecule has 2 aromatic rings. The first-order chi connectivity index (χ1) is 11.1. The second-order valence-electron chi connectivity index (χ2n) is 4.99. The first-order valence-corrected chi connectivity index (χ1v) is 9.92. The van der Waals surface area contributed by atoms with Crippen LogP contribution in [0.1, 0.15) is 11.1 Å². The quantitative estimate of drug-likeness (QED) is 0.459. The molecule has 0 atom stereocenters. The van der Waals surface area contributed by atoms with Crippen LogP contribution >= 0.6 is 51.5 Å². The van der Waals surface area contributed by atoms with Gasteiger partial charge < -0.3 is 10.6 Å². The molecule has 23 heavy (non-hydrogen) atoms. The third-order valence-electron chi connectivity index (χ3n) is 3.16. The second kappa shape index (κ2) is 9.52. The fraction of sp³-hybridized carbons (Fsp3) is 0.235. The van der Waals surface area contributed by atoms with Gasteiger partial charge in [0.25, 0.3) is 0 Å². The molecule has 122 valence electrons. The molecule has 0 aromatic heterocycles. The lowest BCUT2D eigenvalue weighted by Crippen LogP contribution is -2.30. The number of aryl methyl sites for hydroxylation is 1. The van der Waals surface area contributed by atoms with Crippen LogP contribution in [0.15, 0.2) is 46.9 Å². The lowest BCUT2D eigenvalue weighted by Gasteiger charge is -2.11. The maximum atomic E-state index is 6.14. The van der Waals surface area contributed by atoms with Crippen molar-refractivity contribution in [2.45, 2.75) is 12.7 Å². The normalized spacial score (nSPS) is 10.4. The zero-order chi connectivity index (χ0) is 16.7. The molecular weight excluding hydrogens is 412 g/mol. The van der Waals surface area contributed by atoms with Crippen molar-refractivity contribution in [3.05, 3.63) is 63.1 Å². The van der Waals surface area contributed by atoms with E-state index in [1.165, 1.54) is 11.1 Å². The Hall–Kier alpha value is -0.750. The van der Waals surface area contributed by atoms with Crippen LogP contribution in [0.3, 0.4) is 0 Å². The average Bonchev–Trinajstić information content (AvgIpc) is 2.52. The van der Waals surface area contributed by atoms with Gasteiger partial charge in [-0.3, -0.25) is 0 Å². The number of hydrogen-bond donors (Lipinski definition) is 2. The fourth-order valence-corrected chi connectivity index (χ4v) is 3.54. The molecule has 0 aliphatic heterocycles. The van der Waals surface area contributed by atoms with E-state index in [4.69, 9.17) is 23.8 Å². The number of halogens is 2. The number of anilines is 1. The SMILES string of the molecule is Cc1cc(NC(=S)NCCSCc2ccccc2Cl)ccc1Br. The van der Waals surface area contributed by atoms with Gasteiger partial charge in [-0.1, -0.05) is 45.7 Å². The summed E-state index contributed by atoms with van der Waals surface area (Å²) in [7, 11) is 0. The van der Waals surface area contributed by atoms with Gasteiger partial charge >= 0.3 is 0 Å². The van der Waals surface area contributed by atoms with E-state index in [0.29, 0.717) is 5.11 Å². The lowest BCUT2D eigenvalue weighted by molar-refractivity contribution is 0.989. The monoisotopic (exact) mass is 428 g/mol. The predicted molar refractivity (Wildman–Crippen MR) is 111 cm³/mol. The minimum Gasteiger partial charge on any atom is -0.362 e. The topological polar surface area (TPSA) is 24.1 Å². The number of nitrogens with one attached hydrogen (secondary N) is 2. The minimum absolute atomic E-state index is 0.644. The van der Waals surface area contributed by atoms with E-state index in [-0.39, 0.29) is 0 Å². The molecule has 2 aromatic carbocycles. The average molecular weight is 430 g/mol. The lowest BCUT2D eigenvalue weighted by atomic mass is 10.2. The van der Waals surface area contributed by atoms with Gasteiger partial charge in [-0.25, -0.2) is 0 Å². The zero-order valence-electron chi connectivity index (χ0n) is 12.7. The number of thiocarbonyl (C=S) groups is 1. The van der Waals surface area contributed by atoms with Crippen molar-refractivity contribution in [2.75, 3.05) is 17.6 Å². The third-order valence-corrected chi connectivity index (χ3v) is 5.68. The van der Waals surface area contributed by atoms with Crippen molar-refractivity contribution >= 4 is 62.3 Å². The molecule has 2 nitrogen and oxygen atoms in total. The number of rotatable bonds is 6. The van der Waals surface area contributed by atoms with Gasteiger partial charge in [0.15, 0.2) is 5.11 Å². The Bertz CT molecular complexity index is 679. The fourth-order valence-electron chi connectivity index (χ4n) is 1.93. The van der Waals surface area contributed by atoms with Gasteiger partial charge in [-0.2, -0.15) is 11.8 Å².